The van der Waals surface area contributed by atoms with Gasteiger partial charge in [-0.25, -0.2) is 4.39 Å². The lowest BCUT2D eigenvalue weighted by Gasteiger charge is -2.26. The first-order chi connectivity index (χ1) is 3.96. The maximum absolute atomic E-state index is 13.3. The molecule has 0 aromatic carbocycles. The van der Waals surface area contributed by atoms with Gasteiger partial charge in [0.25, 0.3) is 0 Å². The molecule has 0 aromatic rings. The van der Waals surface area contributed by atoms with Crippen LogP contribution in [0.2, 0.25) is 0 Å². The molecule has 0 amide bonds. The highest BCUT2D eigenvalue weighted by Crippen LogP contribution is 2.36. The van der Waals surface area contributed by atoms with Crippen molar-refractivity contribution in [1.29, 1.82) is 0 Å². The van der Waals surface area contributed by atoms with Gasteiger partial charge < -0.3 is 5.32 Å². The van der Waals surface area contributed by atoms with Crippen LogP contribution >= 0.6 is 28.3 Å². The Morgan fingerprint density at radius 2 is 1.90 bits per heavy atom. The fourth-order valence-electron chi connectivity index (χ4n) is 0.901. The minimum absolute atomic E-state index is 0. The van der Waals surface area contributed by atoms with Crippen molar-refractivity contribution >= 4 is 28.3 Å². The van der Waals surface area contributed by atoms with E-state index in [1.807, 2.05) is 6.92 Å². The number of rotatable bonds is 0. The predicted octanol–water partition coefficient (Wildman–Crippen LogP) is 1.89. The Morgan fingerprint density at radius 3 is 2.00 bits per heavy atom. The van der Waals surface area contributed by atoms with Crippen LogP contribution in [0, 0.1) is 0 Å². The monoisotopic (exact) mass is 231 g/mol. The maximum Gasteiger partial charge on any atom is 0.136 e. The molecule has 2 atom stereocenters. The first-order valence-electron chi connectivity index (χ1n) is 3.04. The summed E-state index contributed by atoms with van der Waals surface area (Å²) in [5.74, 6) is 0. The van der Waals surface area contributed by atoms with Crippen LogP contribution in [0.4, 0.5) is 4.39 Å². The quantitative estimate of drug-likeness (QED) is 0.629. The molecule has 0 aliphatic carbocycles. The van der Waals surface area contributed by atoms with Gasteiger partial charge in [-0.2, -0.15) is 0 Å². The fourth-order valence-corrected chi connectivity index (χ4v) is 1.24. The molecular formula is C6H12BrClFN. The van der Waals surface area contributed by atoms with E-state index in [0.29, 0.717) is 13.1 Å². The molecule has 4 heteroatoms. The smallest absolute Gasteiger partial charge is 0.136 e. The third-order valence-corrected chi connectivity index (χ3v) is 3.11. The SMILES string of the molecule is C[C@@]1(F)CNC[C@@]1(C)Br.Cl. The Balaban J connectivity index is 0.000000810. The summed E-state index contributed by atoms with van der Waals surface area (Å²) in [6.07, 6.45) is 0. The molecule has 0 aromatic heterocycles. The summed E-state index contributed by atoms with van der Waals surface area (Å²) in [5, 5.41) is 2.98. The van der Waals surface area contributed by atoms with Gasteiger partial charge in [0.1, 0.15) is 5.67 Å². The van der Waals surface area contributed by atoms with Crippen LogP contribution in [0.25, 0.3) is 0 Å². The molecule has 1 aliphatic rings. The summed E-state index contributed by atoms with van der Waals surface area (Å²) >= 11 is 3.33. The molecule has 10 heavy (non-hydrogen) atoms. The van der Waals surface area contributed by atoms with Crippen LogP contribution in [-0.2, 0) is 0 Å². The first kappa shape index (κ1) is 10.7. The van der Waals surface area contributed by atoms with Crippen LogP contribution in [0.15, 0.2) is 0 Å². The number of halogens is 3. The zero-order valence-corrected chi connectivity index (χ0v) is 8.48. The minimum atomic E-state index is -1.10. The summed E-state index contributed by atoms with van der Waals surface area (Å²) in [7, 11) is 0. The topological polar surface area (TPSA) is 12.0 Å². The van der Waals surface area contributed by atoms with Crippen LogP contribution < -0.4 is 5.32 Å². The second kappa shape index (κ2) is 2.95. The highest BCUT2D eigenvalue weighted by molar-refractivity contribution is 9.10. The average molecular weight is 233 g/mol. The van der Waals surface area contributed by atoms with Crippen molar-refractivity contribution in [2.45, 2.75) is 23.8 Å². The zero-order chi connectivity index (χ0) is 7.12. The summed E-state index contributed by atoms with van der Waals surface area (Å²) in [4.78, 5) is 0. The lowest BCUT2D eigenvalue weighted by Crippen LogP contribution is -2.39. The molecule has 62 valence electrons. The van der Waals surface area contributed by atoms with E-state index in [-0.39, 0.29) is 16.7 Å². The molecular weight excluding hydrogens is 220 g/mol. The predicted molar refractivity (Wildman–Crippen MR) is 47.0 cm³/mol. The molecule has 1 fully saturated rings. The Labute approximate surface area is 75.3 Å². The van der Waals surface area contributed by atoms with Crippen molar-refractivity contribution in [3.05, 3.63) is 0 Å². The van der Waals surface area contributed by atoms with Crippen molar-refractivity contribution in [3.63, 3.8) is 0 Å². The summed E-state index contributed by atoms with van der Waals surface area (Å²) < 4.78 is 12.9. The summed E-state index contributed by atoms with van der Waals surface area (Å²) in [5.41, 5.74) is -1.10. The van der Waals surface area contributed by atoms with E-state index in [1.54, 1.807) is 6.92 Å². The molecule has 0 saturated carbocycles. The standard InChI is InChI=1S/C6H11BrFN.ClH/c1-5(7)3-9-4-6(5,2)8;/h9H,3-4H2,1-2H3;1H/t5-,6-;/m1./s1. The Bertz CT molecular complexity index is 113. The number of hydrogen-bond donors (Lipinski definition) is 1. The summed E-state index contributed by atoms with van der Waals surface area (Å²) in [6.45, 7) is 4.64. The molecule has 0 bridgehead atoms. The normalized spacial score (nSPS) is 46.8. The van der Waals surface area contributed by atoms with E-state index in [0.717, 1.165) is 0 Å². The molecule has 1 rings (SSSR count). The van der Waals surface area contributed by atoms with E-state index in [1.165, 1.54) is 0 Å². The average Bonchev–Trinajstić information content (AvgIpc) is 1.81. The second-order valence-electron chi connectivity index (χ2n) is 3.00. The summed E-state index contributed by atoms with van der Waals surface area (Å²) in [6, 6.07) is 0. The number of hydrogen-bond acceptors (Lipinski definition) is 1. The molecule has 1 heterocycles. The first-order valence-corrected chi connectivity index (χ1v) is 3.84. The molecule has 0 spiro atoms. The van der Waals surface area contributed by atoms with Crippen molar-refractivity contribution in [1.82, 2.24) is 5.32 Å². The Morgan fingerprint density at radius 1 is 1.40 bits per heavy atom. The molecule has 1 saturated heterocycles. The molecule has 0 radical (unpaired) electrons. The van der Waals surface area contributed by atoms with Crippen LogP contribution in [-0.4, -0.2) is 23.1 Å². The van der Waals surface area contributed by atoms with Gasteiger partial charge in [0.05, 0.1) is 4.32 Å². The zero-order valence-electron chi connectivity index (χ0n) is 6.08. The third kappa shape index (κ3) is 1.63. The Hall–Kier alpha value is 0.660. The van der Waals surface area contributed by atoms with Gasteiger partial charge >= 0.3 is 0 Å². The Kier molecular flexibility index (Phi) is 3.15. The fraction of sp³-hybridized carbons (Fsp3) is 1.00. The van der Waals surface area contributed by atoms with Crippen LogP contribution in [0.5, 0.6) is 0 Å². The van der Waals surface area contributed by atoms with Crippen molar-refractivity contribution in [2.24, 2.45) is 0 Å². The van der Waals surface area contributed by atoms with E-state index < -0.39 is 5.67 Å². The highest BCUT2D eigenvalue weighted by atomic mass is 79.9. The number of nitrogens with one attached hydrogen (secondary N) is 1. The van der Waals surface area contributed by atoms with Gasteiger partial charge in [-0.05, 0) is 13.8 Å². The number of alkyl halides is 2. The molecule has 1 nitrogen and oxygen atoms in total. The largest absolute Gasteiger partial charge is 0.312 e. The van der Waals surface area contributed by atoms with Gasteiger partial charge in [0.15, 0.2) is 0 Å². The van der Waals surface area contributed by atoms with Crippen molar-refractivity contribution < 1.29 is 4.39 Å². The van der Waals surface area contributed by atoms with Gasteiger partial charge in [-0.1, -0.05) is 15.9 Å². The van der Waals surface area contributed by atoms with Gasteiger partial charge in [-0.3, -0.25) is 0 Å². The lowest BCUT2D eigenvalue weighted by molar-refractivity contribution is 0.187. The minimum Gasteiger partial charge on any atom is -0.312 e. The van der Waals surface area contributed by atoms with Gasteiger partial charge in [0.2, 0.25) is 0 Å². The molecule has 1 N–H and O–H groups in total. The maximum atomic E-state index is 13.3. The third-order valence-electron chi connectivity index (χ3n) is 2.00. The lowest BCUT2D eigenvalue weighted by atomic mass is 9.97. The van der Waals surface area contributed by atoms with Crippen molar-refractivity contribution in [3.8, 4) is 0 Å². The van der Waals surface area contributed by atoms with Crippen LogP contribution in [0.1, 0.15) is 13.8 Å². The molecule has 1 aliphatic heterocycles. The van der Waals surface area contributed by atoms with E-state index in [2.05, 4.69) is 21.2 Å². The van der Waals surface area contributed by atoms with Gasteiger partial charge in [-0.15, -0.1) is 12.4 Å². The highest BCUT2D eigenvalue weighted by Gasteiger charge is 2.47. The van der Waals surface area contributed by atoms with E-state index in [9.17, 15) is 4.39 Å². The van der Waals surface area contributed by atoms with E-state index >= 15 is 0 Å². The second-order valence-corrected chi connectivity index (χ2v) is 4.75. The van der Waals surface area contributed by atoms with E-state index in [4.69, 9.17) is 0 Å². The molecule has 0 unspecified atom stereocenters. The van der Waals surface area contributed by atoms with Crippen LogP contribution in [0.3, 0.4) is 0 Å². The van der Waals surface area contributed by atoms with Gasteiger partial charge in [0, 0.05) is 13.1 Å². The van der Waals surface area contributed by atoms with Crippen molar-refractivity contribution in [2.75, 3.05) is 13.1 Å².